The van der Waals surface area contributed by atoms with Gasteiger partial charge in [-0.3, -0.25) is 4.79 Å². The van der Waals surface area contributed by atoms with Crippen molar-refractivity contribution in [1.29, 1.82) is 0 Å². The topological polar surface area (TPSA) is 35.5 Å². The predicted octanol–water partition coefficient (Wildman–Crippen LogP) is 2.32. The number of carbonyl (C=O) groups is 1. The molecule has 0 amide bonds. The first-order chi connectivity index (χ1) is 6.20. The summed E-state index contributed by atoms with van der Waals surface area (Å²) in [4.78, 5) is 10.6. The third kappa shape index (κ3) is 8.06. The van der Waals surface area contributed by atoms with Crippen LogP contribution in [0.5, 0.6) is 0 Å². The molecule has 0 aliphatic rings. The Morgan fingerprint density at radius 2 is 2.23 bits per heavy atom. The highest BCUT2D eigenvalue weighted by Crippen LogP contribution is 2.06. The van der Waals surface area contributed by atoms with E-state index in [2.05, 4.69) is 0 Å². The average Bonchev–Trinajstić information content (AvgIpc) is 2.09. The largest absolute Gasteiger partial charge is 0.436 e. The zero-order chi connectivity index (χ0) is 10.1. The summed E-state index contributed by atoms with van der Waals surface area (Å²) >= 11 is 5.52. The van der Waals surface area contributed by atoms with E-state index in [0.717, 1.165) is 12.8 Å². The van der Waals surface area contributed by atoms with Crippen LogP contribution < -0.4 is 0 Å². The number of ether oxygens (including phenoxy) is 2. The number of rotatable bonds is 7. The Morgan fingerprint density at radius 3 is 2.69 bits per heavy atom. The second-order valence-corrected chi connectivity index (χ2v) is 3.12. The molecule has 3 nitrogen and oxygen atoms in total. The van der Waals surface area contributed by atoms with E-state index >= 15 is 0 Å². The van der Waals surface area contributed by atoms with Gasteiger partial charge in [0.05, 0.1) is 6.61 Å². The fourth-order valence-corrected chi connectivity index (χ4v) is 1.01. The van der Waals surface area contributed by atoms with Gasteiger partial charge < -0.3 is 9.47 Å². The maximum atomic E-state index is 10.6. The van der Waals surface area contributed by atoms with E-state index < -0.39 is 6.29 Å². The van der Waals surface area contributed by atoms with E-state index in [9.17, 15) is 4.79 Å². The minimum atomic E-state index is -0.420. The molecule has 0 spiro atoms. The first-order valence-electron chi connectivity index (χ1n) is 4.55. The fraction of sp³-hybridized carbons (Fsp3) is 0.889. The van der Waals surface area contributed by atoms with Gasteiger partial charge in [-0.1, -0.05) is 6.92 Å². The molecule has 1 atom stereocenters. The van der Waals surface area contributed by atoms with E-state index in [0.29, 0.717) is 18.9 Å². The zero-order valence-electron chi connectivity index (χ0n) is 8.22. The summed E-state index contributed by atoms with van der Waals surface area (Å²) in [6.45, 7) is 4.00. The van der Waals surface area contributed by atoms with Crippen LogP contribution in [0.25, 0.3) is 0 Å². The van der Waals surface area contributed by atoms with Crippen molar-refractivity contribution in [2.75, 3.05) is 12.5 Å². The molecule has 0 bridgehead atoms. The van der Waals surface area contributed by atoms with Crippen molar-refractivity contribution >= 4 is 17.6 Å². The van der Waals surface area contributed by atoms with Gasteiger partial charge in [0.15, 0.2) is 0 Å². The maximum absolute atomic E-state index is 10.6. The normalized spacial score (nSPS) is 12.5. The monoisotopic (exact) mass is 208 g/mol. The van der Waals surface area contributed by atoms with Crippen LogP contribution in [0.1, 0.15) is 33.1 Å². The standard InChI is InChI=1S/C9H17ClO3/c1-3-7-12-9(5-4-6-10)13-8(2)11/h9H,3-7H2,1-2H3. The molecule has 0 heterocycles. The Kier molecular flexibility index (Phi) is 8.14. The Hall–Kier alpha value is -0.280. The van der Waals surface area contributed by atoms with Crippen molar-refractivity contribution in [3.05, 3.63) is 0 Å². The molecule has 0 aliphatic carbocycles. The molecule has 0 fully saturated rings. The molecule has 0 radical (unpaired) electrons. The Balaban J connectivity index is 3.66. The lowest BCUT2D eigenvalue weighted by atomic mass is 10.3. The summed E-state index contributed by atoms with van der Waals surface area (Å²) < 4.78 is 10.2. The van der Waals surface area contributed by atoms with Crippen LogP contribution >= 0.6 is 11.6 Å². The molecular formula is C9H17ClO3. The van der Waals surface area contributed by atoms with Crippen molar-refractivity contribution in [3.8, 4) is 0 Å². The van der Waals surface area contributed by atoms with Gasteiger partial charge in [0.2, 0.25) is 6.29 Å². The van der Waals surface area contributed by atoms with Crippen LogP contribution in [0.3, 0.4) is 0 Å². The van der Waals surface area contributed by atoms with Crippen molar-refractivity contribution in [3.63, 3.8) is 0 Å². The number of hydrogen-bond acceptors (Lipinski definition) is 3. The third-order valence-electron chi connectivity index (χ3n) is 1.38. The predicted molar refractivity (Wildman–Crippen MR) is 51.8 cm³/mol. The summed E-state index contributed by atoms with van der Waals surface area (Å²) in [5, 5.41) is 0. The van der Waals surface area contributed by atoms with Crippen LogP contribution in [0.4, 0.5) is 0 Å². The smallest absolute Gasteiger partial charge is 0.304 e. The van der Waals surface area contributed by atoms with Gasteiger partial charge in [-0.25, -0.2) is 0 Å². The number of alkyl halides is 1. The highest BCUT2D eigenvalue weighted by atomic mass is 35.5. The molecule has 0 aromatic rings. The molecule has 1 unspecified atom stereocenters. The van der Waals surface area contributed by atoms with E-state index in [1.54, 1.807) is 0 Å². The minimum absolute atomic E-state index is 0.310. The summed E-state index contributed by atoms with van der Waals surface area (Å²) in [6.07, 6.45) is 1.96. The lowest BCUT2D eigenvalue weighted by Gasteiger charge is -2.16. The molecule has 4 heteroatoms. The van der Waals surface area contributed by atoms with E-state index in [-0.39, 0.29) is 5.97 Å². The summed E-state index contributed by atoms with van der Waals surface area (Å²) in [5.41, 5.74) is 0. The van der Waals surface area contributed by atoms with Crippen LogP contribution in [-0.4, -0.2) is 24.7 Å². The van der Waals surface area contributed by atoms with E-state index in [1.165, 1.54) is 6.92 Å². The number of hydrogen-bond donors (Lipinski definition) is 0. The Morgan fingerprint density at radius 1 is 1.54 bits per heavy atom. The van der Waals surface area contributed by atoms with Crippen LogP contribution in [-0.2, 0) is 14.3 Å². The number of esters is 1. The first kappa shape index (κ1) is 12.7. The molecule has 0 aliphatic heterocycles. The maximum Gasteiger partial charge on any atom is 0.304 e. The fourth-order valence-electron chi connectivity index (χ4n) is 0.855. The Bertz CT molecular complexity index is 131. The third-order valence-corrected chi connectivity index (χ3v) is 1.65. The Labute approximate surface area is 84.4 Å². The quantitative estimate of drug-likeness (QED) is 0.366. The lowest BCUT2D eigenvalue weighted by molar-refractivity contribution is -0.177. The summed E-state index contributed by atoms with van der Waals surface area (Å²) in [7, 11) is 0. The second-order valence-electron chi connectivity index (χ2n) is 2.74. The highest BCUT2D eigenvalue weighted by Gasteiger charge is 2.10. The average molecular weight is 209 g/mol. The SMILES string of the molecule is CCCOC(CCCCl)OC(C)=O. The van der Waals surface area contributed by atoms with Crippen LogP contribution in [0, 0.1) is 0 Å². The minimum Gasteiger partial charge on any atom is -0.436 e. The van der Waals surface area contributed by atoms with Crippen molar-refractivity contribution in [2.24, 2.45) is 0 Å². The van der Waals surface area contributed by atoms with E-state index in [1.807, 2.05) is 6.92 Å². The number of halogens is 1. The van der Waals surface area contributed by atoms with E-state index in [4.69, 9.17) is 21.1 Å². The van der Waals surface area contributed by atoms with Gasteiger partial charge in [-0.05, 0) is 12.8 Å². The molecule has 0 saturated heterocycles. The molecule has 0 aromatic carbocycles. The van der Waals surface area contributed by atoms with Gasteiger partial charge in [-0.15, -0.1) is 11.6 Å². The van der Waals surface area contributed by atoms with Gasteiger partial charge in [0.25, 0.3) is 0 Å². The van der Waals surface area contributed by atoms with Crippen LogP contribution in [0.15, 0.2) is 0 Å². The van der Waals surface area contributed by atoms with Crippen molar-refractivity contribution < 1.29 is 14.3 Å². The van der Waals surface area contributed by atoms with Gasteiger partial charge in [-0.2, -0.15) is 0 Å². The zero-order valence-corrected chi connectivity index (χ0v) is 8.97. The summed E-state index contributed by atoms with van der Waals surface area (Å²) in [6, 6.07) is 0. The van der Waals surface area contributed by atoms with Gasteiger partial charge in [0, 0.05) is 19.2 Å². The highest BCUT2D eigenvalue weighted by molar-refractivity contribution is 6.17. The molecule has 0 aromatic heterocycles. The molecule has 78 valence electrons. The summed E-state index contributed by atoms with van der Waals surface area (Å²) in [5.74, 6) is 0.253. The molecule has 0 saturated carbocycles. The molecule has 0 N–H and O–H groups in total. The number of carbonyl (C=O) groups excluding carboxylic acids is 1. The molecule has 13 heavy (non-hydrogen) atoms. The first-order valence-corrected chi connectivity index (χ1v) is 5.09. The second kappa shape index (κ2) is 8.32. The van der Waals surface area contributed by atoms with Gasteiger partial charge >= 0.3 is 5.97 Å². The van der Waals surface area contributed by atoms with Gasteiger partial charge in [0.1, 0.15) is 0 Å². The lowest BCUT2D eigenvalue weighted by Crippen LogP contribution is -2.20. The van der Waals surface area contributed by atoms with Crippen LogP contribution in [0.2, 0.25) is 0 Å². The van der Waals surface area contributed by atoms with Crippen molar-refractivity contribution in [2.45, 2.75) is 39.4 Å². The molecule has 0 rings (SSSR count). The van der Waals surface area contributed by atoms with Crippen molar-refractivity contribution in [1.82, 2.24) is 0 Å². The molecular weight excluding hydrogens is 192 g/mol.